The van der Waals surface area contributed by atoms with E-state index < -0.39 is 30.1 Å². The molecule has 0 spiro atoms. The third-order valence-corrected chi connectivity index (χ3v) is 2.77. The lowest BCUT2D eigenvalue weighted by molar-refractivity contribution is -0.187. The molecule has 0 aromatic heterocycles. The van der Waals surface area contributed by atoms with Crippen LogP contribution in [0.25, 0.3) is 0 Å². The Morgan fingerprint density at radius 1 is 1.41 bits per heavy atom. The lowest BCUT2D eigenvalue weighted by atomic mass is 9.95. The number of carbonyl (C=O) groups is 1. The van der Waals surface area contributed by atoms with E-state index in [0.717, 1.165) is 0 Å². The predicted molar refractivity (Wildman–Crippen MR) is 55.4 cm³/mol. The summed E-state index contributed by atoms with van der Waals surface area (Å²) in [7, 11) is 0. The van der Waals surface area contributed by atoms with Crippen molar-refractivity contribution in [3.8, 4) is 0 Å². The number of carbonyl (C=O) groups excluding carboxylic acids is 1. The molecule has 0 fully saturated rings. The summed E-state index contributed by atoms with van der Waals surface area (Å²) < 4.78 is 9.97. The second-order valence-electron chi connectivity index (χ2n) is 4.16. The summed E-state index contributed by atoms with van der Waals surface area (Å²) in [5.41, 5.74) is -0.219. The number of hydrogen-bond acceptors (Lipinski definition) is 6. The van der Waals surface area contributed by atoms with Crippen molar-refractivity contribution in [2.45, 2.75) is 37.9 Å². The van der Waals surface area contributed by atoms with Gasteiger partial charge in [0, 0.05) is 6.92 Å². The molecule has 2 aliphatic heterocycles. The molecule has 0 aromatic carbocycles. The summed E-state index contributed by atoms with van der Waals surface area (Å²) in [6, 6.07) is 0. The minimum Gasteiger partial charge on any atom is -0.480 e. The van der Waals surface area contributed by atoms with Gasteiger partial charge in [0.15, 0.2) is 5.76 Å². The van der Waals surface area contributed by atoms with Gasteiger partial charge in [-0.1, -0.05) is 6.08 Å². The minimum absolute atomic E-state index is 0.136. The number of hydrogen-bond donors (Lipinski definition) is 3. The number of aliphatic hydroxyl groups excluding tert-OH is 2. The summed E-state index contributed by atoms with van der Waals surface area (Å²) in [5.74, 6) is -2.91. The quantitative estimate of drug-likeness (QED) is 0.411. The van der Waals surface area contributed by atoms with Crippen molar-refractivity contribution in [3.05, 3.63) is 23.5 Å². The second-order valence-corrected chi connectivity index (χ2v) is 4.16. The molecule has 94 valence electrons. The summed E-state index contributed by atoms with van der Waals surface area (Å²) in [5, 5.41) is 29.4. The number of ether oxygens (including phenoxy) is 2. The molecule has 0 unspecified atom stereocenters. The van der Waals surface area contributed by atoms with Gasteiger partial charge in [0.05, 0.1) is 0 Å². The molecule has 6 nitrogen and oxygen atoms in total. The van der Waals surface area contributed by atoms with E-state index in [9.17, 15) is 20.1 Å². The summed E-state index contributed by atoms with van der Waals surface area (Å²) in [4.78, 5) is 11.4. The Labute approximate surface area is 97.8 Å². The molecular formula is C11H14O6. The Kier molecular flexibility index (Phi) is 2.73. The first-order valence-corrected chi connectivity index (χ1v) is 5.24. The van der Waals surface area contributed by atoms with Crippen molar-refractivity contribution in [1.82, 2.24) is 0 Å². The first kappa shape index (κ1) is 12.1. The van der Waals surface area contributed by atoms with Gasteiger partial charge in [-0.3, -0.25) is 0 Å². The molecule has 17 heavy (non-hydrogen) atoms. The number of allylic oxidation sites excluding steroid dienone is 1. The highest BCUT2D eigenvalue weighted by atomic mass is 16.7. The average Bonchev–Trinajstić information content (AvgIpc) is 2.45. The fourth-order valence-electron chi connectivity index (χ4n) is 1.95. The highest BCUT2D eigenvalue weighted by Gasteiger charge is 2.53. The van der Waals surface area contributed by atoms with E-state index >= 15 is 0 Å². The normalized spacial score (nSPS) is 41.5. The Morgan fingerprint density at radius 3 is 2.65 bits per heavy atom. The van der Waals surface area contributed by atoms with Gasteiger partial charge in [-0.05, 0) is 13.0 Å². The van der Waals surface area contributed by atoms with E-state index in [4.69, 9.17) is 4.74 Å². The van der Waals surface area contributed by atoms with Crippen LogP contribution in [0.2, 0.25) is 0 Å². The smallest absolute Gasteiger partial charge is 0.343 e. The van der Waals surface area contributed by atoms with Crippen LogP contribution >= 0.6 is 0 Å². The molecule has 0 saturated carbocycles. The molecule has 0 bridgehead atoms. The monoisotopic (exact) mass is 242 g/mol. The fraction of sp³-hybridized carbons (Fsp3) is 0.545. The first-order valence-electron chi connectivity index (χ1n) is 5.24. The van der Waals surface area contributed by atoms with Gasteiger partial charge >= 0.3 is 5.97 Å². The topological polar surface area (TPSA) is 96.2 Å². The van der Waals surface area contributed by atoms with Gasteiger partial charge in [-0.15, -0.1) is 0 Å². The molecule has 0 amide bonds. The molecule has 2 heterocycles. The van der Waals surface area contributed by atoms with E-state index in [1.54, 1.807) is 13.0 Å². The van der Waals surface area contributed by atoms with Crippen LogP contribution < -0.4 is 0 Å². The molecule has 6 heteroatoms. The Bertz CT molecular complexity index is 408. The molecule has 0 radical (unpaired) electrons. The molecule has 0 aromatic rings. The van der Waals surface area contributed by atoms with Crippen molar-refractivity contribution in [1.29, 1.82) is 0 Å². The predicted octanol–water partition coefficient (Wildman–Crippen LogP) is -0.798. The SMILES string of the molecule is C/C=C/[C@@H]1OC2=C(C(=O)O[C@]2(C)O)[C@@H](O)[C@H]1O. The van der Waals surface area contributed by atoms with Crippen molar-refractivity contribution in [3.63, 3.8) is 0 Å². The minimum atomic E-state index is -1.90. The number of esters is 1. The Balaban J connectivity index is 2.43. The molecule has 4 atom stereocenters. The zero-order valence-corrected chi connectivity index (χ0v) is 9.45. The molecular weight excluding hydrogens is 228 g/mol. The molecule has 2 rings (SSSR count). The highest BCUT2D eigenvalue weighted by molar-refractivity contribution is 5.93. The van der Waals surface area contributed by atoms with Gasteiger partial charge in [0.1, 0.15) is 23.9 Å². The summed E-state index contributed by atoms with van der Waals surface area (Å²) >= 11 is 0. The van der Waals surface area contributed by atoms with E-state index in [1.807, 2.05) is 0 Å². The van der Waals surface area contributed by atoms with Crippen molar-refractivity contribution in [2.75, 3.05) is 0 Å². The van der Waals surface area contributed by atoms with Crippen LogP contribution in [0.4, 0.5) is 0 Å². The highest BCUT2D eigenvalue weighted by Crippen LogP contribution is 2.39. The Hall–Kier alpha value is -1.37. The van der Waals surface area contributed by atoms with Crippen LogP contribution in [-0.4, -0.2) is 45.4 Å². The van der Waals surface area contributed by atoms with Gasteiger partial charge in [0.2, 0.25) is 0 Å². The third kappa shape index (κ3) is 1.74. The number of rotatable bonds is 1. The third-order valence-electron chi connectivity index (χ3n) is 2.77. The van der Waals surface area contributed by atoms with E-state index in [-0.39, 0.29) is 11.3 Å². The maximum atomic E-state index is 11.4. The van der Waals surface area contributed by atoms with Crippen LogP contribution in [0.15, 0.2) is 23.5 Å². The van der Waals surface area contributed by atoms with Crippen molar-refractivity contribution in [2.24, 2.45) is 0 Å². The summed E-state index contributed by atoms with van der Waals surface area (Å²) in [6.45, 7) is 2.96. The largest absolute Gasteiger partial charge is 0.480 e. The lowest BCUT2D eigenvalue weighted by Gasteiger charge is -2.32. The zero-order chi connectivity index (χ0) is 12.8. The van der Waals surface area contributed by atoms with E-state index in [2.05, 4.69) is 4.74 Å². The average molecular weight is 242 g/mol. The number of aliphatic hydroxyl groups is 3. The standard InChI is InChI=1S/C11H14O6/c1-3-4-5-7(12)8(13)6-9(16-5)11(2,15)17-10(6)14/h3-5,7-8,12-13,15H,1-2H3/b4-3+/t5-,7-,8+,11-/m0/s1. The second kappa shape index (κ2) is 3.83. The molecule has 0 saturated heterocycles. The van der Waals surface area contributed by atoms with Gasteiger partial charge < -0.3 is 24.8 Å². The van der Waals surface area contributed by atoms with Crippen molar-refractivity contribution >= 4 is 5.97 Å². The number of cyclic esters (lactones) is 1. The van der Waals surface area contributed by atoms with Crippen LogP contribution in [0.1, 0.15) is 13.8 Å². The van der Waals surface area contributed by atoms with Crippen LogP contribution in [0, 0.1) is 0 Å². The zero-order valence-electron chi connectivity index (χ0n) is 9.45. The van der Waals surface area contributed by atoms with Crippen molar-refractivity contribution < 1.29 is 29.6 Å². The molecule has 3 N–H and O–H groups in total. The van der Waals surface area contributed by atoms with E-state index in [0.29, 0.717) is 0 Å². The maximum Gasteiger partial charge on any atom is 0.343 e. The van der Waals surface area contributed by atoms with Gasteiger partial charge in [-0.25, -0.2) is 4.79 Å². The Morgan fingerprint density at radius 2 is 2.06 bits per heavy atom. The lowest BCUT2D eigenvalue weighted by Crippen LogP contribution is -2.45. The van der Waals surface area contributed by atoms with Crippen LogP contribution in [-0.2, 0) is 14.3 Å². The fourth-order valence-corrected chi connectivity index (χ4v) is 1.95. The van der Waals surface area contributed by atoms with E-state index in [1.165, 1.54) is 13.0 Å². The maximum absolute atomic E-state index is 11.4. The van der Waals surface area contributed by atoms with Gasteiger partial charge in [0.25, 0.3) is 5.79 Å². The summed E-state index contributed by atoms with van der Waals surface area (Å²) in [6.07, 6.45) is -0.364. The molecule has 2 aliphatic rings. The van der Waals surface area contributed by atoms with Gasteiger partial charge in [-0.2, -0.15) is 0 Å². The first-order chi connectivity index (χ1) is 7.88. The van der Waals surface area contributed by atoms with Crippen LogP contribution in [0.5, 0.6) is 0 Å². The van der Waals surface area contributed by atoms with Crippen LogP contribution in [0.3, 0.4) is 0 Å². The molecule has 0 aliphatic carbocycles.